The Hall–Kier alpha value is -2.52. The Morgan fingerprint density at radius 3 is 2.71 bits per heavy atom. The number of aromatic nitrogens is 4. The molecule has 0 aliphatic heterocycles. The van der Waals surface area contributed by atoms with Gasteiger partial charge in [-0.2, -0.15) is 5.10 Å². The topological polar surface area (TPSA) is 90.1 Å². The van der Waals surface area contributed by atoms with Crippen LogP contribution in [0.1, 0.15) is 5.56 Å². The monoisotopic (exact) mass is 347 g/mol. The number of hydrogen-bond acceptors (Lipinski definition) is 5. The molecule has 0 spiro atoms. The van der Waals surface area contributed by atoms with Gasteiger partial charge in [-0.3, -0.25) is 14.0 Å². The van der Waals surface area contributed by atoms with Crippen LogP contribution in [0.3, 0.4) is 0 Å². The van der Waals surface area contributed by atoms with Crippen molar-refractivity contribution in [3.8, 4) is 0 Å². The summed E-state index contributed by atoms with van der Waals surface area (Å²) in [7, 11) is 1.16. The third kappa shape index (κ3) is 2.72. The van der Waals surface area contributed by atoms with Gasteiger partial charge in [-0.25, -0.2) is 17.7 Å². The Balaban J connectivity index is 2.01. The van der Waals surface area contributed by atoms with Gasteiger partial charge in [0.05, 0.1) is 17.6 Å². The summed E-state index contributed by atoms with van der Waals surface area (Å²) in [5.74, 6) is 0. The Morgan fingerprint density at radius 2 is 2.00 bits per heavy atom. The van der Waals surface area contributed by atoms with Crippen molar-refractivity contribution in [2.24, 2.45) is 7.05 Å². The molecule has 2 aromatic heterocycles. The van der Waals surface area contributed by atoms with Crippen LogP contribution in [-0.4, -0.2) is 46.1 Å². The lowest BCUT2D eigenvalue weighted by atomic mass is 10.2. The predicted octanol–water partition coefficient (Wildman–Crippen LogP) is 0.429. The molecule has 2 heterocycles. The molecule has 3 aromatic rings. The first-order valence-electron chi connectivity index (χ1n) is 7.19. The fourth-order valence-corrected chi connectivity index (χ4v) is 3.36. The van der Waals surface area contributed by atoms with Gasteiger partial charge in [0.1, 0.15) is 11.7 Å². The van der Waals surface area contributed by atoms with Crippen LogP contribution in [0.15, 0.2) is 46.5 Å². The highest BCUT2D eigenvalue weighted by Crippen LogP contribution is 2.15. The molecule has 0 amide bonds. The number of hydrogen-bond donors (Lipinski definition) is 0. The number of aryl methyl sites for hydroxylation is 1. The van der Waals surface area contributed by atoms with Gasteiger partial charge in [0.25, 0.3) is 5.56 Å². The fourth-order valence-electron chi connectivity index (χ4n) is 2.39. The largest absolute Gasteiger partial charge is 0.294 e. The summed E-state index contributed by atoms with van der Waals surface area (Å²) in [5.41, 5.74) is 0.999. The van der Waals surface area contributed by atoms with Crippen molar-refractivity contribution in [1.29, 1.82) is 0 Å². The molecule has 0 aliphatic rings. The van der Waals surface area contributed by atoms with Crippen molar-refractivity contribution in [3.63, 3.8) is 0 Å². The van der Waals surface area contributed by atoms with Crippen molar-refractivity contribution in [2.45, 2.75) is 11.4 Å². The summed E-state index contributed by atoms with van der Waals surface area (Å²) in [6, 6.07) is 6.53. The molecule has 0 fully saturated rings. The first-order chi connectivity index (χ1) is 11.3. The van der Waals surface area contributed by atoms with E-state index in [9.17, 15) is 13.2 Å². The number of benzene rings is 1. The van der Waals surface area contributed by atoms with E-state index in [0.717, 1.165) is 4.31 Å². The molecule has 0 saturated carbocycles. The zero-order chi connectivity index (χ0) is 17.5. The van der Waals surface area contributed by atoms with E-state index in [-0.39, 0.29) is 17.0 Å². The maximum atomic E-state index is 12.5. The Labute approximate surface area is 139 Å². The summed E-state index contributed by atoms with van der Waals surface area (Å²) >= 11 is 0. The Kier molecular flexibility index (Phi) is 3.98. The van der Waals surface area contributed by atoms with Crippen LogP contribution >= 0.6 is 0 Å². The van der Waals surface area contributed by atoms with Crippen LogP contribution in [0.2, 0.25) is 0 Å². The van der Waals surface area contributed by atoms with E-state index in [4.69, 9.17) is 0 Å². The second kappa shape index (κ2) is 5.84. The highest BCUT2D eigenvalue weighted by atomic mass is 32.2. The van der Waals surface area contributed by atoms with Crippen LogP contribution < -0.4 is 5.56 Å². The quantitative estimate of drug-likeness (QED) is 0.683. The van der Waals surface area contributed by atoms with Crippen molar-refractivity contribution >= 4 is 21.1 Å². The minimum Gasteiger partial charge on any atom is -0.294 e. The molecule has 0 radical (unpaired) electrons. The first kappa shape index (κ1) is 16.3. The average molecular weight is 347 g/mol. The van der Waals surface area contributed by atoms with E-state index in [2.05, 4.69) is 10.1 Å². The molecule has 0 unspecified atom stereocenters. The summed E-state index contributed by atoms with van der Waals surface area (Å²) < 4.78 is 28.6. The normalized spacial score (nSPS) is 12.2. The number of nitrogens with zero attached hydrogens (tertiary/aromatic N) is 5. The van der Waals surface area contributed by atoms with Gasteiger partial charge in [0.2, 0.25) is 10.0 Å². The number of sulfonamides is 1. The highest BCUT2D eigenvalue weighted by Gasteiger charge is 2.17. The SMILES string of the molecule is CN(C)S(=O)(=O)c1cccc(Cn2cnc3c(cnn3C)c2=O)c1. The lowest BCUT2D eigenvalue weighted by Crippen LogP contribution is -2.23. The lowest BCUT2D eigenvalue weighted by molar-refractivity contribution is 0.520. The van der Waals surface area contributed by atoms with Crippen LogP contribution in [0.5, 0.6) is 0 Å². The van der Waals surface area contributed by atoms with Crippen molar-refractivity contribution in [3.05, 3.63) is 52.7 Å². The van der Waals surface area contributed by atoms with E-state index in [1.807, 2.05) is 0 Å². The van der Waals surface area contributed by atoms with Crippen molar-refractivity contribution in [1.82, 2.24) is 23.6 Å². The minimum absolute atomic E-state index is 0.188. The predicted molar refractivity (Wildman–Crippen MR) is 89.2 cm³/mol. The van der Waals surface area contributed by atoms with Gasteiger partial charge in [-0.1, -0.05) is 12.1 Å². The van der Waals surface area contributed by atoms with E-state index in [1.54, 1.807) is 25.2 Å². The third-order valence-electron chi connectivity index (χ3n) is 3.75. The van der Waals surface area contributed by atoms with Crippen molar-refractivity contribution in [2.75, 3.05) is 14.1 Å². The Morgan fingerprint density at radius 1 is 1.25 bits per heavy atom. The molecule has 0 N–H and O–H groups in total. The lowest BCUT2D eigenvalue weighted by Gasteiger charge is -2.12. The molecule has 9 heteroatoms. The van der Waals surface area contributed by atoms with Gasteiger partial charge in [-0.05, 0) is 17.7 Å². The summed E-state index contributed by atoms with van der Waals surface area (Å²) in [6.45, 7) is 0.230. The van der Waals surface area contributed by atoms with Crippen LogP contribution in [0, 0.1) is 0 Å². The molecular weight excluding hydrogens is 330 g/mol. The van der Waals surface area contributed by atoms with E-state index < -0.39 is 10.0 Å². The second-order valence-corrected chi connectivity index (χ2v) is 7.77. The third-order valence-corrected chi connectivity index (χ3v) is 5.56. The molecule has 0 bridgehead atoms. The van der Waals surface area contributed by atoms with Crippen LogP contribution in [0.25, 0.3) is 11.0 Å². The molecule has 3 rings (SSSR count). The average Bonchev–Trinajstić information content (AvgIpc) is 2.92. The van der Waals surface area contributed by atoms with E-state index in [0.29, 0.717) is 16.6 Å². The second-order valence-electron chi connectivity index (χ2n) is 5.62. The minimum atomic E-state index is -3.52. The van der Waals surface area contributed by atoms with Gasteiger partial charge in [0, 0.05) is 21.1 Å². The van der Waals surface area contributed by atoms with Gasteiger partial charge in [0.15, 0.2) is 5.65 Å². The number of rotatable bonds is 4. The number of fused-ring (bicyclic) bond motifs is 1. The first-order valence-corrected chi connectivity index (χ1v) is 8.63. The molecule has 0 aliphatic carbocycles. The van der Waals surface area contributed by atoms with E-state index in [1.165, 1.54) is 41.9 Å². The molecule has 0 atom stereocenters. The summed E-state index contributed by atoms with van der Waals surface area (Å²) in [5, 5.41) is 4.45. The standard InChI is InChI=1S/C15H17N5O3S/c1-18(2)24(22,23)12-6-4-5-11(7-12)9-20-10-16-14-13(15(20)21)8-17-19(14)3/h4-8,10H,9H2,1-3H3. The molecule has 24 heavy (non-hydrogen) atoms. The van der Waals surface area contributed by atoms with Gasteiger partial charge < -0.3 is 0 Å². The van der Waals surface area contributed by atoms with Gasteiger partial charge >= 0.3 is 0 Å². The van der Waals surface area contributed by atoms with Crippen molar-refractivity contribution < 1.29 is 8.42 Å². The maximum absolute atomic E-state index is 12.5. The maximum Gasteiger partial charge on any atom is 0.264 e. The van der Waals surface area contributed by atoms with Crippen LogP contribution in [-0.2, 0) is 23.6 Å². The Bertz CT molecular complexity index is 1070. The fraction of sp³-hybridized carbons (Fsp3) is 0.267. The smallest absolute Gasteiger partial charge is 0.264 e. The zero-order valence-electron chi connectivity index (χ0n) is 13.5. The zero-order valence-corrected chi connectivity index (χ0v) is 14.4. The van der Waals surface area contributed by atoms with Crippen LogP contribution in [0.4, 0.5) is 0 Å². The molecule has 126 valence electrons. The molecule has 8 nitrogen and oxygen atoms in total. The summed E-state index contributed by atoms with van der Waals surface area (Å²) in [6.07, 6.45) is 2.92. The van der Waals surface area contributed by atoms with Gasteiger partial charge in [-0.15, -0.1) is 0 Å². The highest BCUT2D eigenvalue weighted by molar-refractivity contribution is 7.89. The molecular formula is C15H17N5O3S. The molecule has 0 saturated heterocycles. The molecule has 1 aromatic carbocycles. The summed E-state index contributed by atoms with van der Waals surface area (Å²) in [4.78, 5) is 16.9. The van der Waals surface area contributed by atoms with E-state index >= 15 is 0 Å².